The van der Waals surface area contributed by atoms with Crippen molar-refractivity contribution in [1.82, 2.24) is 9.55 Å². The van der Waals surface area contributed by atoms with Gasteiger partial charge < -0.3 is 28.8 Å². The summed E-state index contributed by atoms with van der Waals surface area (Å²) in [6.07, 6.45) is -9.42. The van der Waals surface area contributed by atoms with E-state index in [1.54, 1.807) is 0 Å². The number of carbonyl (C=O) groups excluding carboxylic acids is 2. The van der Waals surface area contributed by atoms with Crippen molar-refractivity contribution < 1.29 is 60.9 Å². The molecular weight excluding hydrogens is 596 g/mol. The number of alkyl halides is 1. The van der Waals surface area contributed by atoms with E-state index in [-0.39, 0.29) is 0 Å². The van der Waals surface area contributed by atoms with Gasteiger partial charge in [0.25, 0.3) is 5.56 Å². The number of carbonyl (C=O) groups is 2. The maximum absolute atomic E-state index is 15.3. The first-order valence-corrected chi connectivity index (χ1v) is 13.4. The number of hydrogen-bond acceptors (Lipinski definition) is 15. The summed E-state index contributed by atoms with van der Waals surface area (Å²) in [7, 11) is -4.98. The highest BCUT2D eigenvalue weighted by Gasteiger charge is 2.59. The fraction of sp³-hybridized carbons (Fsp3) is 0.619. The van der Waals surface area contributed by atoms with Gasteiger partial charge in [-0.25, -0.2) is 32.4 Å². The van der Waals surface area contributed by atoms with Crippen molar-refractivity contribution >= 4 is 20.1 Å². The number of hydrogen-bond donors (Lipinski definition) is 2. The molecule has 0 bridgehead atoms. The van der Waals surface area contributed by atoms with E-state index >= 15 is 4.39 Å². The third-order valence-electron chi connectivity index (χ3n) is 5.04. The molecule has 0 spiro atoms. The van der Waals surface area contributed by atoms with Crippen molar-refractivity contribution in [3.8, 4) is 0 Å². The van der Waals surface area contributed by atoms with Crippen LogP contribution >= 0.6 is 7.82 Å². The van der Waals surface area contributed by atoms with Gasteiger partial charge in [0.1, 0.15) is 6.10 Å². The van der Waals surface area contributed by atoms with Gasteiger partial charge in [-0.15, -0.1) is 0 Å². The molecule has 2 rings (SSSR count). The number of aliphatic hydroxyl groups excluding tert-OH is 1. The van der Waals surface area contributed by atoms with E-state index < -0.39 is 93.6 Å². The molecule has 1 fully saturated rings. The lowest BCUT2D eigenvalue weighted by Crippen LogP contribution is -2.47. The Morgan fingerprint density at radius 3 is 2.21 bits per heavy atom. The molecule has 2 heterocycles. The van der Waals surface area contributed by atoms with E-state index in [2.05, 4.69) is 26.1 Å². The van der Waals surface area contributed by atoms with E-state index in [4.69, 9.17) is 33.3 Å². The lowest BCUT2D eigenvalue weighted by molar-refractivity contribution is -0.111. The Bertz CT molecular complexity index is 1310. The zero-order chi connectivity index (χ0) is 31.7. The molecule has 0 aromatic carbocycles. The normalized spacial score (nSPS) is 22.0. The van der Waals surface area contributed by atoms with Crippen LogP contribution < -0.4 is 11.2 Å². The van der Waals surface area contributed by atoms with Gasteiger partial charge in [0.2, 0.25) is 13.6 Å². The Morgan fingerprint density at radius 2 is 1.74 bits per heavy atom. The third-order valence-corrected chi connectivity index (χ3v) is 6.33. The van der Waals surface area contributed by atoms with E-state index in [0.29, 0.717) is 4.57 Å². The molecule has 1 aromatic rings. The second-order valence-electron chi connectivity index (χ2n) is 8.78. The van der Waals surface area contributed by atoms with Gasteiger partial charge in [-0.2, -0.15) is 0 Å². The number of aromatic nitrogens is 2. The molecule has 1 aliphatic heterocycles. The molecule has 2 N–H and O–H groups in total. The summed E-state index contributed by atoms with van der Waals surface area (Å²) in [5.74, 6) is 0. The molecule has 19 nitrogen and oxygen atoms in total. The Morgan fingerprint density at radius 1 is 1.19 bits per heavy atom. The second kappa shape index (κ2) is 14.9. The predicted molar refractivity (Wildman–Crippen MR) is 134 cm³/mol. The highest BCUT2D eigenvalue weighted by atomic mass is 31.2. The molecule has 0 aliphatic carbocycles. The Hall–Kier alpha value is -3.77. The van der Waals surface area contributed by atoms with Gasteiger partial charge >= 0.3 is 25.8 Å². The SMILES string of the molecule is C=C(N=[N+]=[N-])[C@]1(COP(=O)(OCOC(=O)OC(C)C)OCOC(=O)OC(C)C)O[C@@H](n2ccc(=O)[nH]c2=O)[C@H](F)[C@@H]1O. The largest absolute Gasteiger partial charge is 0.510 e. The van der Waals surface area contributed by atoms with Crippen LogP contribution in [0, 0.1) is 0 Å². The summed E-state index contributed by atoms with van der Waals surface area (Å²) >= 11 is 0. The van der Waals surface area contributed by atoms with Gasteiger partial charge in [0.15, 0.2) is 18.0 Å². The van der Waals surface area contributed by atoms with Gasteiger partial charge in [-0.05, 0) is 33.2 Å². The monoisotopic (exact) mass is 625 g/mol. The van der Waals surface area contributed by atoms with Crippen molar-refractivity contribution in [3.05, 3.63) is 55.8 Å². The predicted octanol–water partition coefficient (Wildman–Crippen LogP) is 2.52. The lowest BCUT2D eigenvalue weighted by atomic mass is 9.94. The number of halogens is 1. The van der Waals surface area contributed by atoms with Crippen molar-refractivity contribution in [3.63, 3.8) is 0 Å². The number of H-pyrrole nitrogens is 1. The molecule has 1 aliphatic rings. The maximum atomic E-state index is 15.3. The van der Waals surface area contributed by atoms with Crippen LogP contribution in [0.15, 0.2) is 39.2 Å². The fourth-order valence-corrected chi connectivity index (χ4v) is 4.14. The number of phosphoric ester groups is 1. The van der Waals surface area contributed by atoms with Crippen LogP contribution in [-0.4, -0.2) is 77.2 Å². The number of azide groups is 1. The molecule has 0 amide bonds. The van der Waals surface area contributed by atoms with E-state index in [0.717, 1.165) is 12.3 Å². The highest BCUT2D eigenvalue weighted by Crippen LogP contribution is 2.52. The zero-order valence-corrected chi connectivity index (χ0v) is 23.6. The van der Waals surface area contributed by atoms with Crippen molar-refractivity contribution in [2.75, 3.05) is 20.2 Å². The molecule has 0 saturated carbocycles. The van der Waals surface area contributed by atoms with Gasteiger partial charge in [-0.3, -0.25) is 18.9 Å². The number of rotatable bonds is 14. The molecular formula is C21H29FN5O14P. The van der Waals surface area contributed by atoms with Crippen molar-refractivity contribution in [2.45, 2.75) is 64.0 Å². The average molecular weight is 625 g/mol. The van der Waals surface area contributed by atoms with Crippen LogP contribution in [0.3, 0.4) is 0 Å². The quantitative estimate of drug-likeness (QED) is 0.0753. The number of phosphoric acid groups is 1. The van der Waals surface area contributed by atoms with Crippen LogP contribution in [0.25, 0.3) is 10.4 Å². The topological polar surface area (TPSA) is 249 Å². The Labute approximate surface area is 236 Å². The highest BCUT2D eigenvalue weighted by molar-refractivity contribution is 7.48. The van der Waals surface area contributed by atoms with Crippen molar-refractivity contribution in [1.29, 1.82) is 0 Å². The number of aliphatic hydroxyl groups is 1. The fourth-order valence-electron chi connectivity index (χ4n) is 3.20. The first-order chi connectivity index (χ1) is 19.6. The molecule has 42 heavy (non-hydrogen) atoms. The summed E-state index contributed by atoms with van der Waals surface area (Å²) in [6, 6.07) is 0.868. The molecule has 0 radical (unpaired) electrons. The molecule has 21 heteroatoms. The molecule has 234 valence electrons. The standard InChI is InChI=1S/C21H29FN5O14P/c1-11(2)39-19(31)34-9-37-42(33,38-10-35-20(32)40-12(3)4)36-8-21(13(5)25-26-23)16(29)15(22)17(41-21)27-7-6-14(28)24-18(27)30/h6-7,11-12,15-17,29H,5,8-10H2,1-4H3,(H,24,28,30)/t15-,16+,17-,21+/m1/s1. The summed E-state index contributed by atoms with van der Waals surface area (Å²) in [5, 5.41) is 14.0. The van der Waals surface area contributed by atoms with Gasteiger partial charge in [-0.1, -0.05) is 11.7 Å². The van der Waals surface area contributed by atoms with Crippen LogP contribution in [0.4, 0.5) is 14.0 Å². The Kier molecular flexibility index (Phi) is 12.2. The van der Waals surface area contributed by atoms with Crippen LogP contribution in [0.5, 0.6) is 0 Å². The number of aromatic amines is 1. The van der Waals surface area contributed by atoms with E-state index in [9.17, 15) is 28.8 Å². The molecule has 4 atom stereocenters. The molecule has 1 saturated heterocycles. The van der Waals surface area contributed by atoms with E-state index in [1.165, 1.54) is 27.7 Å². The Balaban J connectivity index is 2.33. The first kappa shape index (κ1) is 34.4. The maximum Gasteiger partial charge on any atom is 0.510 e. The smallest absolute Gasteiger partial charge is 0.432 e. The van der Waals surface area contributed by atoms with Crippen LogP contribution in [-0.2, 0) is 41.8 Å². The summed E-state index contributed by atoms with van der Waals surface area (Å²) < 4.78 is 68.4. The van der Waals surface area contributed by atoms with Crippen molar-refractivity contribution in [2.24, 2.45) is 5.11 Å². The van der Waals surface area contributed by atoms with Gasteiger partial charge in [0, 0.05) is 22.9 Å². The minimum absolute atomic E-state index is 0.579. The molecule has 0 unspecified atom stereocenters. The summed E-state index contributed by atoms with van der Waals surface area (Å²) in [4.78, 5) is 51.3. The number of nitrogens with zero attached hydrogens (tertiary/aromatic N) is 4. The second-order valence-corrected chi connectivity index (χ2v) is 10.4. The van der Waals surface area contributed by atoms with Crippen LogP contribution in [0.1, 0.15) is 33.9 Å². The van der Waals surface area contributed by atoms with E-state index in [1.807, 2.05) is 4.98 Å². The third kappa shape index (κ3) is 9.12. The summed E-state index contributed by atoms with van der Waals surface area (Å²) in [5.41, 5.74) is 3.75. The zero-order valence-electron chi connectivity index (χ0n) is 22.7. The number of nitrogens with one attached hydrogen (secondary N) is 1. The lowest BCUT2D eigenvalue weighted by Gasteiger charge is -2.32. The minimum atomic E-state index is -4.98. The number of ether oxygens (including phenoxy) is 5. The minimum Gasteiger partial charge on any atom is -0.432 e. The van der Waals surface area contributed by atoms with Gasteiger partial charge in [0.05, 0.1) is 18.8 Å². The molecule has 1 aromatic heterocycles. The van der Waals surface area contributed by atoms with Crippen LogP contribution in [0.2, 0.25) is 0 Å². The first-order valence-electron chi connectivity index (χ1n) is 11.9. The average Bonchev–Trinajstić information content (AvgIpc) is 3.13. The summed E-state index contributed by atoms with van der Waals surface area (Å²) in [6.45, 7) is 6.10.